The van der Waals surface area contributed by atoms with Crippen LogP contribution >= 0.6 is 0 Å². The summed E-state index contributed by atoms with van der Waals surface area (Å²) in [5.41, 5.74) is 6.41. The second kappa shape index (κ2) is 10.0. The highest BCUT2D eigenvalue weighted by atomic mass is 16.5. The summed E-state index contributed by atoms with van der Waals surface area (Å²) in [7, 11) is 0. The molecule has 0 aromatic heterocycles. The first-order valence-corrected chi connectivity index (χ1v) is 11.4. The Kier molecular flexibility index (Phi) is 6.87. The van der Waals surface area contributed by atoms with Gasteiger partial charge in [-0.3, -0.25) is 19.3 Å². The highest BCUT2D eigenvalue weighted by Crippen LogP contribution is 2.33. The zero-order chi connectivity index (χ0) is 25.1. The third kappa shape index (κ3) is 5.35. The Morgan fingerprint density at radius 3 is 2.46 bits per heavy atom. The Morgan fingerprint density at radius 1 is 1.03 bits per heavy atom. The first-order chi connectivity index (χ1) is 16.7. The van der Waals surface area contributed by atoms with Crippen molar-refractivity contribution in [2.75, 3.05) is 18.1 Å². The van der Waals surface area contributed by atoms with Gasteiger partial charge in [-0.05, 0) is 72.4 Å². The van der Waals surface area contributed by atoms with Crippen LogP contribution < -0.4 is 15.0 Å². The van der Waals surface area contributed by atoms with Crippen LogP contribution in [0.2, 0.25) is 0 Å². The van der Waals surface area contributed by atoms with Crippen LogP contribution in [-0.4, -0.2) is 36.0 Å². The highest BCUT2D eigenvalue weighted by molar-refractivity contribution is 6.02. The predicted octanol–water partition coefficient (Wildman–Crippen LogP) is 4.34. The number of rotatable bonds is 7. The molecule has 7 heteroatoms. The molecular formula is C28H28N2O5. The third-order valence-corrected chi connectivity index (χ3v) is 6.13. The van der Waals surface area contributed by atoms with Crippen LogP contribution in [0.5, 0.6) is 5.75 Å². The average molecular weight is 473 g/mol. The minimum absolute atomic E-state index is 0.153. The number of carboxylic acids is 1. The number of nitrogens with one attached hydrogen (secondary N) is 1. The normalized spacial score (nSPS) is 13.6. The number of carbonyl (C=O) groups excluding carboxylic acids is 2. The van der Waals surface area contributed by atoms with Crippen molar-refractivity contribution in [3.8, 4) is 16.9 Å². The second-order valence-corrected chi connectivity index (χ2v) is 8.85. The van der Waals surface area contributed by atoms with Crippen molar-refractivity contribution in [3.05, 3.63) is 82.9 Å². The summed E-state index contributed by atoms with van der Waals surface area (Å²) >= 11 is 0. The van der Waals surface area contributed by atoms with Gasteiger partial charge in [0.1, 0.15) is 12.3 Å². The van der Waals surface area contributed by atoms with Gasteiger partial charge in [-0.1, -0.05) is 42.5 Å². The van der Waals surface area contributed by atoms with Crippen molar-refractivity contribution in [3.63, 3.8) is 0 Å². The number of nitrogens with zero attached hydrogens (tertiary/aromatic N) is 1. The number of fused-ring (bicyclic) bond motifs is 1. The Morgan fingerprint density at radius 2 is 1.74 bits per heavy atom. The van der Waals surface area contributed by atoms with Crippen molar-refractivity contribution in [1.29, 1.82) is 0 Å². The van der Waals surface area contributed by atoms with Gasteiger partial charge >= 0.3 is 5.97 Å². The maximum absolute atomic E-state index is 13.0. The van der Waals surface area contributed by atoms with Crippen molar-refractivity contribution in [1.82, 2.24) is 5.32 Å². The van der Waals surface area contributed by atoms with Gasteiger partial charge in [0.05, 0.1) is 18.2 Å². The third-order valence-electron chi connectivity index (χ3n) is 6.13. The van der Waals surface area contributed by atoms with Gasteiger partial charge in [0.15, 0.2) is 6.61 Å². The molecule has 2 N–H and O–H groups in total. The number of anilines is 1. The van der Waals surface area contributed by atoms with Crippen LogP contribution in [0.3, 0.4) is 0 Å². The van der Waals surface area contributed by atoms with E-state index >= 15 is 0 Å². The fraction of sp³-hybridized carbons (Fsp3) is 0.250. The SMILES string of the molecule is Cc1ccc2c(c1)N(CC(=O)N[C@@H](CC(=O)O)c1cccc(-c3c(C)cccc3C)c1)C(=O)CO2. The molecule has 0 fully saturated rings. The lowest BCUT2D eigenvalue weighted by molar-refractivity contribution is -0.138. The van der Waals surface area contributed by atoms with E-state index in [1.54, 1.807) is 12.1 Å². The van der Waals surface area contributed by atoms with Crippen molar-refractivity contribution < 1.29 is 24.2 Å². The summed E-state index contributed by atoms with van der Waals surface area (Å²) in [5.74, 6) is -1.27. The number of hydrogen-bond donors (Lipinski definition) is 2. The minimum atomic E-state index is -1.03. The molecule has 35 heavy (non-hydrogen) atoms. The van der Waals surface area contributed by atoms with Gasteiger partial charge in [-0.25, -0.2) is 0 Å². The standard InChI is InChI=1S/C28H28N2O5/c1-17-10-11-24-23(12-17)30(26(32)16-35-24)15-25(31)29-22(14-27(33)34)20-8-5-9-21(13-20)28-18(2)6-4-7-19(28)3/h4-13,22H,14-16H2,1-3H3,(H,29,31)(H,33,34)/t22-/m0/s1. The molecule has 180 valence electrons. The summed E-state index contributed by atoms with van der Waals surface area (Å²) in [6.07, 6.45) is -0.283. The smallest absolute Gasteiger partial charge is 0.305 e. The van der Waals surface area contributed by atoms with Crippen LogP contribution in [0.25, 0.3) is 11.1 Å². The molecule has 1 aliphatic heterocycles. The summed E-state index contributed by atoms with van der Waals surface area (Å²) < 4.78 is 5.48. The topological polar surface area (TPSA) is 95.9 Å². The molecule has 3 aromatic carbocycles. The Labute approximate surface area is 204 Å². The van der Waals surface area contributed by atoms with Gasteiger partial charge in [0, 0.05) is 0 Å². The van der Waals surface area contributed by atoms with Crippen LogP contribution in [0, 0.1) is 20.8 Å². The van der Waals surface area contributed by atoms with E-state index in [9.17, 15) is 19.5 Å². The first kappa shape index (κ1) is 24.0. The zero-order valence-corrected chi connectivity index (χ0v) is 20.0. The number of ether oxygens (including phenoxy) is 1. The number of amides is 2. The summed E-state index contributed by atoms with van der Waals surface area (Å²) in [6, 6.07) is 18.3. The lowest BCUT2D eigenvalue weighted by Gasteiger charge is -2.30. The molecule has 0 saturated carbocycles. The van der Waals surface area contributed by atoms with E-state index < -0.39 is 17.9 Å². The van der Waals surface area contributed by atoms with Crippen LogP contribution in [0.4, 0.5) is 5.69 Å². The maximum atomic E-state index is 13.0. The number of aryl methyl sites for hydroxylation is 3. The fourth-order valence-corrected chi connectivity index (χ4v) is 4.48. The Hall–Kier alpha value is -4.13. The maximum Gasteiger partial charge on any atom is 0.305 e. The largest absolute Gasteiger partial charge is 0.482 e. The Balaban J connectivity index is 1.59. The van der Waals surface area contributed by atoms with Gasteiger partial charge in [0.25, 0.3) is 5.91 Å². The number of carboxylic acid groups (broad SMARTS) is 1. The molecule has 0 unspecified atom stereocenters. The van der Waals surface area contributed by atoms with E-state index in [-0.39, 0.29) is 25.5 Å². The zero-order valence-electron chi connectivity index (χ0n) is 20.0. The van der Waals surface area contributed by atoms with Crippen molar-refractivity contribution >= 4 is 23.5 Å². The molecule has 0 radical (unpaired) electrons. The van der Waals surface area contributed by atoms with Crippen molar-refractivity contribution in [2.45, 2.75) is 33.2 Å². The quantitative estimate of drug-likeness (QED) is 0.533. The predicted molar refractivity (Wildman–Crippen MR) is 134 cm³/mol. The molecule has 0 bridgehead atoms. The van der Waals surface area contributed by atoms with Crippen LogP contribution in [0.1, 0.15) is 34.7 Å². The monoisotopic (exact) mass is 472 g/mol. The van der Waals surface area contributed by atoms with E-state index in [4.69, 9.17) is 4.74 Å². The van der Waals surface area contributed by atoms with Gasteiger partial charge in [0.2, 0.25) is 5.91 Å². The highest BCUT2D eigenvalue weighted by Gasteiger charge is 2.28. The fourth-order valence-electron chi connectivity index (χ4n) is 4.48. The molecule has 1 aliphatic rings. The number of aliphatic carboxylic acids is 1. The molecular weight excluding hydrogens is 444 g/mol. The van der Waals surface area contributed by atoms with Crippen molar-refractivity contribution in [2.24, 2.45) is 0 Å². The van der Waals surface area contributed by atoms with E-state index in [2.05, 4.69) is 5.32 Å². The molecule has 1 heterocycles. The Bertz CT molecular complexity index is 1280. The minimum Gasteiger partial charge on any atom is -0.482 e. The van der Waals surface area contributed by atoms with E-state index in [1.807, 2.05) is 69.3 Å². The molecule has 1 atom stereocenters. The molecule has 2 amide bonds. The molecule has 7 nitrogen and oxygen atoms in total. The van der Waals surface area contributed by atoms with Gasteiger partial charge < -0.3 is 15.2 Å². The molecule has 0 spiro atoms. The van der Waals surface area contributed by atoms with E-state index in [0.717, 1.165) is 27.8 Å². The van der Waals surface area contributed by atoms with Gasteiger partial charge in [-0.15, -0.1) is 0 Å². The number of benzene rings is 3. The summed E-state index contributed by atoms with van der Waals surface area (Å²) in [4.78, 5) is 38.6. The van der Waals surface area contributed by atoms with Gasteiger partial charge in [-0.2, -0.15) is 0 Å². The lowest BCUT2D eigenvalue weighted by atomic mass is 9.92. The van der Waals surface area contributed by atoms with E-state index in [0.29, 0.717) is 17.0 Å². The average Bonchev–Trinajstić information content (AvgIpc) is 2.80. The summed E-state index contributed by atoms with van der Waals surface area (Å²) in [6.45, 7) is 5.57. The van der Waals surface area contributed by atoms with Crippen LogP contribution in [0.15, 0.2) is 60.7 Å². The van der Waals surface area contributed by atoms with E-state index in [1.165, 1.54) is 4.90 Å². The molecule has 0 saturated heterocycles. The first-order valence-electron chi connectivity index (χ1n) is 11.4. The molecule has 3 aromatic rings. The number of carbonyl (C=O) groups is 3. The second-order valence-electron chi connectivity index (χ2n) is 8.85. The number of hydrogen-bond acceptors (Lipinski definition) is 4. The lowest BCUT2D eigenvalue weighted by Crippen LogP contribution is -2.46. The molecule has 0 aliphatic carbocycles. The molecule has 4 rings (SSSR count). The van der Waals surface area contributed by atoms with Crippen LogP contribution in [-0.2, 0) is 14.4 Å². The summed E-state index contributed by atoms with van der Waals surface area (Å²) in [5, 5.41) is 12.4.